The summed E-state index contributed by atoms with van der Waals surface area (Å²) >= 11 is 0. The third kappa shape index (κ3) is 4.45. The van der Waals surface area contributed by atoms with Gasteiger partial charge in [0.25, 0.3) is 0 Å². The first-order chi connectivity index (χ1) is 21.4. The van der Waals surface area contributed by atoms with Crippen molar-refractivity contribution < 1.29 is 0 Å². The van der Waals surface area contributed by atoms with Gasteiger partial charge in [-0.2, -0.15) is 10.5 Å². The molecule has 0 unspecified atom stereocenters. The van der Waals surface area contributed by atoms with E-state index in [4.69, 9.17) is 0 Å². The minimum atomic E-state index is 0.382. The van der Waals surface area contributed by atoms with Crippen molar-refractivity contribution in [2.24, 2.45) is 0 Å². The maximum atomic E-state index is 9.38. The van der Waals surface area contributed by atoms with Crippen LogP contribution >= 0.6 is 0 Å². The Hall–Kier alpha value is -6.18. The van der Waals surface area contributed by atoms with Crippen LogP contribution in [0.15, 0.2) is 97.6 Å². The maximum Gasteiger partial charge on any atom is 0.161 e. The molecule has 7 nitrogen and oxygen atoms in total. The largest absolute Gasteiger partial charge is 0.308 e. The molecule has 3 heterocycles. The van der Waals surface area contributed by atoms with Crippen LogP contribution in [0.3, 0.4) is 0 Å². The highest BCUT2D eigenvalue weighted by Crippen LogP contribution is 2.39. The number of aromatic nitrogens is 5. The van der Waals surface area contributed by atoms with Gasteiger partial charge < -0.3 is 4.57 Å². The number of para-hydroxylation sites is 1. The Morgan fingerprint density at radius 1 is 0.591 bits per heavy atom. The number of nitrogens with zero attached hydrogens (tertiary/aromatic N) is 7. The van der Waals surface area contributed by atoms with Crippen LogP contribution in [0.5, 0.6) is 0 Å². The van der Waals surface area contributed by atoms with Crippen molar-refractivity contribution in [3.8, 4) is 51.7 Å². The molecule has 7 rings (SSSR count). The SMILES string of the molecule is Cc1cc(C)c(-c2ccc3c4ccccc4n(-c4ccc(-c5ncc(C#N)cn5)cc4-c4ncc(C#N)cn4)c3c2)c(C)c1. The summed E-state index contributed by atoms with van der Waals surface area (Å²) in [4.78, 5) is 18.0. The van der Waals surface area contributed by atoms with Crippen molar-refractivity contribution >= 4 is 21.8 Å². The summed E-state index contributed by atoms with van der Waals surface area (Å²) < 4.78 is 2.26. The molecular weight excluding hydrogens is 542 g/mol. The highest BCUT2D eigenvalue weighted by atomic mass is 15.0. The van der Waals surface area contributed by atoms with E-state index in [2.05, 4.69) is 106 Å². The molecule has 0 saturated heterocycles. The van der Waals surface area contributed by atoms with E-state index >= 15 is 0 Å². The Morgan fingerprint density at radius 3 is 1.84 bits per heavy atom. The van der Waals surface area contributed by atoms with Crippen molar-refractivity contribution in [1.82, 2.24) is 24.5 Å². The molecule has 0 bridgehead atoms. The summed E-state index contributed by atoms with van der Waals surface area (Å²) in [6, 6.07) is 29.7. The fourth-order valence-electron chi connectivity index (χ4n) is 6.13. The number of benzene rings is 4. The Labute approximate surface area is 254 Å². The third-order valence-electron chi connectivity index (χ3n) is 7.94. The van der Waals surface area contributed by atoms with E-state index in [1.807, 2.05) is 24.3 Å². The number of rotatable bonds is 4. The van der Waals surface area contributed by atoms with Crippen molar-refractivity contribution in [3.05, 3.63) is 125 Å². The van der Waals surface area contributed by atoms with Gasteiger partial charge in [0.15, 0.2) is 11.6 Å². The number of fused-ring (bicyclic) bond motifs is 3. The average Bonchev–Trinajstić information content (AvgIpc) is 3.37. The molecule has 0 spiro atoms. The van der Waals surface area contributed by atoms with E-state index in [1.165, 1.54) is 47.0 Å². The summed E-state index contributed by atoms with van der Waals surface area (Å²) in [5, 5.41) is 20.9. The predicted molar refractivity (Wildman–Crippen MR) is 172 cm³/mol. The number of nitriles is 2. The summed E-state index contributed by atoms with van der Waals surface area (Å²) in [5.74, 6) is 0.960. The van der Waals surface area contributed by atoms with Gasteiger partial charge in [0.1, 0.15) is 12.1 Å². The van der Waals surface area contributed by atoms with E-state index < -0.39 is 0 Å². The monoisotopic (exact) mass is 567 g/mol. The first-order valence-corrected chi connectivity index (χ1v) is 14.2. The van der Waals surface area contributed by atoms with Crippen LogP contribution < -0.4 is 0 Å². The van der Waals surface area contributed by atoms with Gasteiger partial charge in [0.2, 0.25) is 0 Å². The molecule has 0 fully saturated rings. The normalized spacial score (nSPS) is 11.0. The summed E-state index contributed by atoms with van der Waals surface area (Å²) in [5.41, 5.74) is 11.4. The zero-order valence-electron chi connectivity index (χ0n) is 24.4. The van der Waals surface area contributed by atoms with Crippen molar-refractivity contribution in [3.63, 3.8) is 0 Å². The lowest BCUT2D eigenvalue weighted by atomic mass is 9.93. The molecule has 208 valence electrons. The molecule has 0 aliphatic rings. The van der Waals surface area contributed by atoms with E-state index in [0.29, 0.717) is 22.8 Å². The van der Waals surface area contributed by atoms with Crippen LogP contribution in [0.25, 0.3) is 61.4 Å². The molecule has 4 aromatic carbocycles. The van der Waals surface area contributed by atoms with Crippen LogP contribution in [0.4, 0.5) is 0 Å². The second-order valence-corrected chi connectivity index (χ2v) is 10.9. The molecular formula is C37H25N7. The summed E-state index contributed by atoms with van der Waals surface area (Å²) in [7, 11) is 0. The van der Waals surface area contributed by atoms with Gasteiger partial charge in [-0.05, 0) is 73.4 Å². The summed E-state index contributed by atoms with van der Waals surface area (Å²) in [6.45, 7) is 6.46. The molecule has 0 amide bonds. The highest BCUT2D eigenvalue weighted by molar-refractivity contribution is 6.10. The fourth-order valence-corrected chi connectivity index (χ4v) is 6.13. The molecule has 0 aliphatic carbocycles. The Kier molecular flexibility index (Phi) is 6.42. The minimum absolute atomic E-state index is 0.382. The average molecular weight is 568 g/mol. The molecule has 0 atom stereocenters. The Morgan fingerprint density at radius 2 is 1.18 bits per heavy atom. The van der Waals surface area contributed by atoms with Crippen molar-refractivity contribution in [2.45, 2.75) is 20.8 Å². The van der Waals surface area contributed by atoms with E-state index in [1.54, 1.807) is 0 Å². The molecule has 0 radical (unpaired) electrons. The maximum absolute atomic E-state index is 9.38. The lowest BCUT2D eigenvalue weighted by molar-refractivity contribution is 1.12. The topological polar surface area (TPSA) is 104 Å². The van der Waals surface area contributed by atoms with Crippen LogP contribution in [-0.2, 0) is 0 Å². The first kappa shape index (κ1) is 26.7. The standard InChI is InChI=1S/C37H25N7/c1-22-12-23(2)35(24(3)13-22)27-8-10-30-29-6-4-5-7-32(29)44(34(30)15-27)33-11-9-28(36-40-18-25(16-38)19-41-36)14-31(33)37-42-20-26(17-39)21-43-37/h4-15,18-21H,1-3H3. The van der Waals surface area contributed by atoms with Gasteiger partial charge in [-0.15, -0.1) is 0 Å². The number of hydrogen-bond donors (Lipinski definition) is 0. The van der Waals surface area contributed by atoms with Gasteiger partial charge in [0.05, 0.1) is 27.8 Å². The van der Waals surface area contributed by atoms with E-state index in [-0.39, 0.29) is 0 Å². The molecule has 0 aliphatic heterocycles. The minimum Gasteiger partial charge on any atom is -0.308 e. The molecule has 3 aromatic heterocycles. The van der Waals surface area contributed by atoms with Gasteiger partial charge in [-0.1, -0.05) is 48.0 Å². The van der Waals surface area contributed by atoms with Crippen LogP contribution in [-0.4, -0.2) is 24.5 Å². The Balaban J connectivity index is 1.52. The zero-order chi connectivity index (χ0) is 30.4. The van der Waals surface area contributed by atoms with E-state index in [9.17, 15) is 10.5 Å². The molecule has 7 heteroatoms. The lowest BCUT2D eigenvalue weighted by Gasteiger charge is -2.16. The number of hydrogen-bond acceptors (Lipinski definition) is 6. The van der Waals surface area contributed by atoms with Gasteiger partial charge in [-0.25, -0.2) is 19.9 Å². The van der Waals surface area contributed by atoms with Crippen LogP contribution in [0.1, 0.15) is 27.8 Å². The lowest BCUT2D eigenvalue weighted by Crippen LogP contribution is -2.01. The van der Waals surface area contributed by atoms with E-state index in [0.717, 1.165) is 44.2 Å². The van der Waals surface area contributed by atoms with Crippen molar-refractivity contribution in [1.29, 1.82) is 10.5 Å². The fraction of sp³-hybridized carbons (Fsp3) is 0.0811. The second kappa shape index (κ2) is 10.6. The molecule has 44 heavy (non-hydrogen) atoms. The molecule has 0 N–H and O–H groups in total. The van der Waals surface area contributed by atoms with Gasteiger partial charge in [0, 0.05) is 46.7 Å². The zero-order valence-corrected chi connectivity index (χ0v) is 24.4. The highest BCUT2D eigenvalue weighted by Gasteiger charge is 2.19. The van der Waals surface area contributed by atoms with Crippen LogP contribution in [0.2, 0.25) is 0 Å². The number of aryl methyl sites for hydroxylation is 3. The van der Waals surface area contributed by atoms with Crippen LogP contribution in [0, 0.1) is 43.4 Å². The molecule has 7 aromatic rings. The molecule has 0 saturated carbocycles. The quantitative estimate of drug-likeness (QED) is 0.213. The predicted octanol–water partition coefficient (Wildman–Crippen LogP) is 8.03. The smallest absolute Gasteiger partial charge is 0.161 e. The summed E-state index contributed by atoms with van der Waals surface area (Å²) in [6.07, 6.45) is 6.09. The van der Waals surface area contributed by atoms with Gasteiger partial charge in [-0.3, -0.25) is 0 Å². The first-order valence-electron chi connectivity index (χ1n) is 14.2. The van der Waals surface area contributed by atoms with Gasteiger partial charge >= 0.3 is 0 Å². The van der Waals surface area contributed by atoms with Crippen molar-refractivity contribution in [2.75, 3.05) is 0 Å². The third-order valence-corrected chi connectivity index (χ3v) is 7.94. The second-order valence-electron chi connectivity index (χ2n) is 10.9. The Bertz CT molecular complexity index is 2290.